The molecule has 2 aromatic heterocycles. The first-order valence-corrected chi connectivity index (χ1v) is 11.4. The number of hydrogen-bond acceptors (Lipinski definition) is 5. The predicted octanol–water partition coefficient (Wildman–Crippen LogP) is 6.02. The Labute approximate surface area is 194 Å². The molecule has 0 aliphatic rings. The number of tetrazole rings is 1. The van der Waals surface area contributed by atoms with E-state index in [1.807, 2.05) is 90.5 Å². The lowest BCUT2D eigenvalue weighted by atomic mass is 10.1. The topological polar surface area (TPSA) is 61.4 Å². The number of rotatable bonds is 6. The Morgan fingerprint density at radius 3 is 2.25 bits per heavy atom. The number of para-hydroxylation sites is 1. The molecule has 158 valence electrons. The maximum atomic E-state index is 6.06. The summed E-state index contributed by atoms with van der Waals surface area (Å²) in [7, 11) is 0. The average Bonchev–Trinajstić information content (AvgIpc) is 3.49. The van der Waals surface area contributed by atoms with E-state index < -0.39 is 0 Å². The second-order valence-electron chi connectivity index (χ2n) is 7.06. The molecule has 0 saturated heterocycles. The van der Waals surface area contributed by atoms with Gasteiger partial charge in [-0.1, -0.05) is 65.8 Å². The molecular weight excluding hydrogens is 440 g/mol. The van der Waals surface area contributed by atoms with E-state index >= 15 is 0 Å². The first kappa shape index (κ1) is 20.5. The highest BCUT2D eigenvalue weighted by Crippen LogP contribution is 2.37. The van der Waals surface area contributed by atoms with Crippen LogP contribution in [0.15, 0.2) is 94.9 Å². The van der Waals surface area contributed by atoms with Crippen LogP contribution in [0.2, 0.25) is 5.02 Å². The second kappa shape index (κ2) is 8.98. The molecule has 0 radical (unpaired) electrons. The van der Waals surface area contributed by atoms with Crippen LogP contribution in [0.5, 0.6) is 0 Å². The first-order valence-electron chi connectivity index (χ1n) is 10.2. The van der Waals surface area contributed by atoms with Crippen LogP contribution in [0.1, 0.15) is 6.92 Å². The van der Waals surface area contributed by atoms with E-state index in [1.54, 1.807) is 16.6 Å². The molecule has 8 heteroatoms. The molecular formula is C24H19ClN6S. The normalized spacial score (nSPS) is 11.1. The van der Waals surface area contributed by atoms with Crippen LogP contribution >= 0.6 is 23.4 Å². The number of aromatic nitrogens is 6. The van der Waals surface area contributed by atoms with Crippen LogP contribution in [0.3, 0.4) is 0 Å². The summed E-state index contributed by atoms with van der Waals surface area (Å²) in [6.45, 7) is 2.67. The van der Waals surface area contributed by atoms with Crippen LogP contribution in [0.25, 0.3) is 28.3 Å². The van der Waals surface area contributed by atoms with Crippen molar-refractivity contribution < 1.29 is 0 Å². The number of halogens is 1. The van der Waals surface area contributed by atoms with Gasteiger partial charge in [0.2, 0.25) is 5.82 Å². The van der Waals surface area contributed by atoms with Crippen molar-refractivity contribution in [1.82, 2.24) is 30.0 Å². The molecule has 0 spiro atoms. The van der Waals surface area contributed by atoms with Gasteiger partial charge in [0.1, 0.15) is 5.69 Å². The summed E-state index contributed by atoms with van der Waals surface area (Å²) in [6.07, 6.45) is 2.06. The Kier molecular flexibility index (Phi) is 5.75. The Balaban J connectivity index is 1.52. The molecule has 6 nitrogen and oxygen atoms in total. The molecule has 2 heterocycles. The smallest absolute Gasteiger partial charge is 0.204 e. The minimum atomic E-state index is 0.615. The highest BCUT2D eigenvalue weighted by atomic mass is 35.5. The Hall–Kier alpha value is -3.42. The quantitative estimate of drug-likeness (QED) is 0.311. The van der Waals surface area contributed by atoms with Crippen molar-refractivity contribution in [1.29, 1.82) is 0 Å². The molecule has 0 amide bonds. The molecule has 5 rings (SSSR count). The molecule has 0 unspecified atom stereocenters. The van der Waals surface area contributed by atoms with Gasteiger partial charge in [0.15, 0.2) is 0 Å². The summed E-state index contributed by atoms with van der Waals surface area (Å²) in [5, 5.41) is 18.2. The van der Waals surface area contributed by atoms with Gasteiger partial charge < -0.3 is 0 Å². The van der Waals surface area contributed by atoms with Crippen molar-refractivity contribution in [2.24, 2.45) is 0 Å². The molecule has 5 aromatic rings. The maximum absolute atomic E-state index is 6.06. The molecule has 0 saturated carbocycles. The summed E-state index contributed by atoms with van der Waals surface area (Å²) in [6, 6.07) is 26.0. The summed E-state index contributed by atoms with van der Waals surface area (Å²) >= 11 is 7.72. The van der Waals surface area contributed by atoms with E-state index in [4.69, 9.17) is 16.7 Å². The largest absolute Gasteiger partial charge is 0.239 e. The second-order valence-corrected chi connectivity index (χ2v) is 8.61. The lowest BCUT2D eigenvalue weighted by Gasteiger charge is -2.04. The van der Waals surface area contributed by atoms with E-state index in [0.717, 1.165) is 37.3 Å². The summed E-state index contributed by atoms with van der Waals surface area (Å²) < 4.78 is 1.91. The van der Waals surface area contributed by atoms with Gasteiger partial charge in [0.25, 0.3) is 0 Å². The fourth-order valence-electron chi connectivity index (χ4n) is 3.25. The lowest BCUT2D eigenvalue weighted by Crippen LogP contribution is -1.98. The zero-order chi connectivity index (χ0) is 21.9. The molecule has 0 N–H and O–H groups in total. The lowest BCUT2D eigenvalue weighted by molar-refractivity contribution is 0.553. The fraction of sp³-hybridized carbons (Fsp3) is 0.0833. The number of hydrogen-bond donors (Lipinski definition) is 0. The highest BCUT2D eigenvalue weighted by Gasteiger charge is 2.15. The summed E-state index contributed by atoms with van der Waals surface area (Å²) in [4.78, 5) is 3.73. The molecule has 3 aromatic carbocycles. The van der Waals surface area contributed by atoms with E-state index in [1.165, 1.54) is 0 Å². The third-order valence-corrected chi connectivity index (χ3v) is 6.17. The maximum Gasteiger partial charge on any atom is 0.204 e. The third kappa shape index (κ3) is 4.30. The van der Waals surface area contributed by atoms with Crippen LogP contribution in [-0.4, -0.2) is 30.0 Å². The van der Waals surface area contributed by atoms with Gasteiger partial charge in [-0.15, -0.1) is 10.2 Å². The zero-order valence-corrected chi connectivity index (χ0v) is 18.8. The molecule has 0 aliphatic heterocycles. The van der Waals surface area contributed by atoms with Gasteiger partial charge in [-0.25, -0.2) is 4.68 Å². The Morgan fingerprint density at radius 2 is 1.56 bits per heavy atom. The van der Waals surface area contributed by atoms with Crippen LogP contribution in [0, 0.1) is 0 Å². The van der Waals surface area contributed by atoms with Crippen LogP contribution in [-0.2, 0) is 6.54 Å². The van der Waals surface area contributed by atoms with Gasteiger partial charge in [-0.3, -0.25) is 0 Å². The van der Waals surface area contributed by atoms with E-state index in [2.05, 4.69) is 21.6 Å². The predicted molar refractivity (Wildman–Crippen MR) is 127 cm³/mol. The fourth-order valence-corrected chi connectivity index (χ4v) is 4.31. The number of benzene rings is 3. The molecule has 0 aliphatic carbocycles. The highest BCUT2D eigenvalue weighted by molar-refractivity contribution is 7.99. The third-order valence-electron chi connectivity index (χ3n) is 4.90. The van der Waals surface area contributed by atoms with Crippen molar-refractivity contribution in [2.75, 3.05) is 0 Å². The van der Waals surface area contributed by atoms with Crippen LogP contribution in [0.4, 0.5) is 0 Å². The van der Waals surface area contributed by atoms with Crippen molar-refractivity contribution in [2.45, 2.75) is 23.3 Å². The Morgan fingerprint density at radius 1 is 0.844 bits per heavy atom. The molecule has 0 fully saturated rings. The standard InChI is InChI=1S/C24H19ClN6S/c1-2-31-28-24(26-29-31)18-10-8-17(9-11-18)23-22(32-21-14-12-19(25)13-15-21)16-30(27-23)20-6-4-3-5-7-20/h3-16H,2H2,1H3. The van der Waals surface area contributed by atoms with E-state index in [9.17, 15) is 0 Å². The van der Waals surface area contributed by atoms with Crippen molar-refractivity contribution in [3.63, 3.8) is 0 Å². The van der Waals surface area contributed by atoms with E-state index in [-0.39, 0.29) is 0 Å². The van der Waals surface area contributed by atoms with Gasteiger partial charge in [0, 0.05) is 27.2 Å². The summed E-state index contributed by atoms with van der Waals surface area (Å²) in [5.41, 5.74) is 3.85. The molecule has 32 heavy (non-hydrogen) atoms. The Bertz CT molecular complexity index is 1330. The van der Waals surface area contributed by atoms with Crippen molar-refractivity contribution >= 4 is 23.4 Å². The number of aryl methyl sites for hydroxylation is 1. The molecule has 0 bridgehead atoms. The van der Waals surface area contributed by atoms with Crippen LogP contribution < -0.4 is 0 Å². The van der Waals surface area contributed by atoms with Crippen molar-refractivity contribution in [3.05, 3.63) is 90.1 Å². The average molecular weight is 459 g/mol. The monoisotopic (exact) mass is 458 g/mol. The van der Waals surface area contributed by atoms with Crippen molar-refractivity contribution in [3.8, 4) is 28.3 Å². The van der Waals surface area contributed by atoms with E-state index in [0.29, 0.717) is 12.4 Å². The van der Waals surface area contributed by atoms with Gasteiger partial charge >= 0.3 is 0 Å². The number of nitrogens with zero attached hydrogens (tertiary/aromatic N) is 6. The molecule has 0 atom stereocenters. The first-order chi connectivity index (χ1) is 15.7. The van der Waals surface area contributed by atoms with Gasteiger partial charge in [-0.05, 0) is 48.5 Å². The van der Waals surface area contributed by atoms with Gasteiger partial charge in [0.05, 0.1) is 17.1 Å². The minimum Gasteiger partial charge on any atom is -0.239 e. The minimum absolute atomic E-state index is 0.615. The SMILES string of the molecule is CCn1nnc(-c2ccc(-c3nn(-c4ccccc4)cc3Sc3ccc(Cl)cc3)cc2)n1. The zero-order valence-electron chi connectivity index (χ0n) is 17.3. The summed E-state index contributed by atoms with van der Waals surface area (Å²) in [5.74, 6) is 0.615. The van der Waals surface area contributed by atoms with Gasteiger partial charge in [-0.2, -0.15) is 9.90 Å².